The maximum Gasteiger partial charge on any atom is 0.320 e. The van der Waals surface area contributed by atoms with E-state index >= 15 is 0 Å². The number of fused-ring (bicyclic) bond motifs is 2. The molecule has 0 amide bonds. The molecule has 2 bridgehead atoms. The van der Waals surface area contributed by atoms with Gasteiger partial charge >= 0.3 is 5.97 Å². The Bertz CT molecular complexity index is 326. The van der Waals surface area contributed by atoms with Crippen molar-refractivity contribution in [3.8, 4) is 0 Å². The zero-order chi connectivity index (χ0) is 13.4. The van der Waals surface area contributed by atoms with Crippen molar-refractivity contribution < 1.29 is 9.53 Å². The summed E-state index contributed by atoms with van der Waals surface area (Å²) in [4.78, 5) is 11.8. The molecule has 2 fully saturated rings. The molecule has 0 aliphatic heterocycles. The first-order chi connectivity index (χ1) is 8.41. The summed E-state index contributed by atoms with van der Waals surface area (Å²) in [5, 5.41) is 3.11. The number of rotatable bonds is 5. The molecule has 0 radical (unpaired) electrons. The van der Waals surface area contributed by atoms with E-state index in [1.165, 1.54) is 12.8 Å². The van der Waals surface area contributed by atoms with Crippen LogP contribution in [0.15, 0.2) is 0 Å². The van der Waals surface area contributed by atoms with Gasteiger partial charge in [-0.15, -0.1) is 0 Å². The maximum absolute atomic E-state index is 11.8. The van der Waals surface area contributed by atoms with Crippen molar-refractivity contribution in [2.75, 3.05) is 13.1 Å². The summed E-state index contributed by atoms with van der Waals surface area (Å²) in [7, 11) is 0. The zero-order valence-electron chi connectivity index (χ0n) is 12.2. The zero-order valence-corrected chi connectivity index (χ0v) is 12.2. The first-order valence-corrected chi connectivity index (χ1v) is 7.32. The number of nitrogens with one attached hydrogen (secondary N) is 1. The molecule has 1 N–H and O–H groups in total. The number of carbonyl (C=O) groups excluding carboxylic acids is 1. The van der Waals surface area contributed by atoms with E-state index in [0.29, 0.717) is 12.0 Å². The Kier molecular flexibility index (Phi) is 3.72. The SMILES string of the molecule is CCCNCC(=O)O[C@H]1C[C@H]2CC[C@@]1(C)C2(C)C. The Labute approximate surface area is 111 Å². The molecule has 0 heterocycles. The summed E-state index contributed by atoms with van der Waals surface area (Å²) < 4.78 is 5.73. The van der Waals surface area contributed by atoms with Crippen LogP contribution in [0.2, 0.25) is 0 Å². The normalized spacial score (nSPS) is 36.9. The van der Waals surface area contributed by atoms with Crippen LogP contribution in [0.5, 0.6) is 0 Å². The highest BCUT2D eigenvalue weighted by molar-refractivity contribution is 5.72. The highest BCUT2D eigenvalue weighted by Gasteiger charge is 2.62. The van der Waals surface area contributed by atoms with E-state index in [1.807, 2.05) is 0 Å². The predicted molar refractivity (Wildman–Crippen MR) is 72.3 cm³/mol. The fraction of sp³-hybridized carbons (Fsp3) is 0.933. The summed E-state index contributed by atoms with van der Waals surface area (Å²) in [6, 6.07) is 0. The molecule has 0 aromatic rings. The van der Waals surface area contributed by atoms with Crippen LogP contribution in [0.25, 0.3) is 0 Å². The summed E-state index contributed by atoms with van der Waals surface area (Å²) in [6.07, 6.45) is 4.73. The van der Waals surface area contributed by atoms with Crippen molar-refractivity contribution in [3.63, 3.8) is 0 Å². The largest absolute Gasteiger partial charge is 0.461 e. The third-order valence-corrected chi connectivity index (χ3v) is 5.68. The lowest BCUT2D eigenvalue weighted by molar-refractivity contribution is -0.155. The van der Waals surface area contributed by atoms with E-state index < -0.39 is 0 Å². The van der Waals surface area contributed by atoms with Gasteiger partial charge in [0.25, 0.3) is 0 Å². The second-order valence-corrected chi connectivity index (χ2v) is 6.77. The van der Waals surface area contributed by atoms with E-state index in [4.69, 9.17) is 4.74 Å². The lowest BCUT2D eigenvalue weighted by Gasteiger charge is -2.38. The fourth-order valence-corrected chi connectivity index (χ4v) is 3.88. The average molecular weight is 253 g/mol. The predicted octanol–water partition coefficient (Wildman–Crippen LogP) is 2.74. The van der Waals surface area contributed by atoms with Gasteiger partial charge in [-0.1, -0.05) is 27.7 Å². The van der Waals surface area contributed by atoms with E-state index in [0.717, 1.165) is 25.3 Å². The van der Waals surface area contributed by atoms with Gasteiger partial charge < -0.3 is 10.1 Å². The molecule has 0 saturated heterocycles. The Morgan fingerprint density at radius 2 is 2.11 bits per heavy atom. The van der Waals surface area contributed by atoms with Gasteiger partial charge in [0.2, 0.25) is 0 Å². The molecule has 0 unspecified atom stereocenters. The minimum atomic E-state index is -0.0852. The monoisotopic (exact) mass is 253 g/mol. The molecule has 3 heteroatoms. The molecule has 3 atom stereocenters. The molecule has 3 nitrogen and oxygen atoms in total. The molecule has 18 heavy (non-hydrogen) atoms. The molecule has 0 aromatic heterocycles. The van der Waals surface area contributed by atoms with Crippen LogP contribution in [0.3, 0.4) is 0 Å². The molecule has 0 aromatic carbocycles. The highest BCUT2D eigenvalue weighted by Crippen LogP contribution is 2.66. The van der Waals surface area contributed by atoms with Crippen molar-refractivity contribution in [1.29, 1.82) is 0 Å². The summed E-state index contributed by atoms with van der Waals surface area (Å²) >= 11 is 0. The minimum absolute atomic E-state index is 0.0852. The van der Waals surface area contributed by atoms with Crippen LogP contribution in [-0.4, -0.2) is 25.2 Å². The molecule has 0 spiro atoms. The Balaban J connectivity index is 1.90. The Morgan fingerprint density at radius 3 is 2.61 bits per heavy atom. The smallest absolute Gasteiger partial charge is 0.320 e. The third kappa shape index (κ3) is 2.07. The van der Waals surface area contributed by atoms with Gasteiger partial charge in [-0.3, -0.25) is 4.79 Å². The van der Waals surface area contributed by atoms with Crippen molar-refractivity contribution >= 4 is 5.97 Å². The number of esters is 1. The number of hydrogen-bond donors (Lipinski definition) is 1. The van der Waals surface area contributed by atoms with Gasteiger partial charge in [-0.05, 0) is 43.6 Å². The van der Waals surface area contributed by atoms with Crippen LogP contribution in [-0.2, 0) is 9.53 Å². The second-order valence-electron chi connectivity index (χ2n) is 6.77. The van der Waals surface area contributed by atoms with Gasteiger partial charge in [-0.25, -0.2) is 0 Å². The number of ether oxygens (including phenoxy) is 1. The van der Waals surface area contributed by atoms with E-state index in [2.05, 4.69) is 33.0 Å². The van der Waals surface area contributed by atoms with Crippen LogP contribution < -0.4 is 5.32 Å². The maximum atomic E-state index is 11.8. The highest BCUT2D eigenvalue weighted by atomic mass is 16.5. The fourth-order valence-electron chi connectivity index (χ4n) is 3.88. The Morgan fingerprint density at radius 1 is 1.39 bits per heavy atom. The van der Waals surface area contributed by atoms with Gasteiger partial charge in [-0.2, -0.15) is 0 Å². The van der Waals surface area contributed by atoms with Gasteiger partial charge in [0.05, 0.1) is 6.54 Å². The topological polar surface area (TPSA) is 38.3 Å². The van der Waals surface area contributed by atoms with Gasteiger partial charge in [0.15, 0.2) is 0 Å². The van der Waals surface area contributed by atoms with Crippen molar-refractivity contribution in [3.05, 3.63) is 0 Å². The van der Waals surface area contributed by atoms with Crippen molar-refractivity contribution in [2.24, 2.45) is 16.7 Å². The van der Waals surface area contributed by atoms with Crippen LogP contribution >= 0.6 is 0 Å². The second kappa shape index (κ2) is 4.84. The molecular formula is C15H27NO2. The third-order valence-electron chi connectivity index (χ3n) is 5.68. The minimum Gasteiger partial charge on any atom is -0.461 e. The first-order valence-electron chi connectivity index (χ1n) is 7.32. The van der Waals surface area contributed by atoms with Crippen molar-refractivity contribution in [1.82, 2.24) is 5.32 Å². The molecular weight excluding hydrogens is 226 g/mol. The van der Waals surface area contributed by atoms with E-state index in [-0.39, 0.29) is 17.5 Å². The average Bonchev–Trinajstić information content (AvgIpc) is 2.62. The summed E-state index contributed by atoms with van der Waals surface area (Å²) in [5.41, 5.74) is 0.493. The quantitative estimate of drug-likeness (QED) is 0.605. The van der Waals surface area contributed by atoms with Crippen molar-refractivity contribution in [2.45, 2.75) is 59.5 Å². The lowest BCUT2D eigenvalue weighted by Crippen LogP contribution is -2.40. The molecule has 2 aliphatic carbocycles. The molecule has 2 rings (SSSR count). The van der Waals surface area contributed by atoms with Crippen LogP contribution in [0.1, 0.15) is 53.4 Å². The standard InChI is InChI=1S/C15H27NO2/c1-5-8-16-10-13(17)18-12-9-11-6-7-15(12,4)14(11,2)3/h11-12,16H,5-10H2,1-4H3/t11-,12+,15-/m1/s1. The van der Waals surface area contributed by atoms with Crippen LogP contribution in [0.4, 0.5) is 0 Å². The summed E-state index contributed by atoms with van der Waals surface area (Å²) in [6.45, 7) is 10.3. The van der Waals surface area contributed by atoms with Gasteiger partial charge in [0.1, 0.15) is 6.10 Å². The van der Waals surface area contributed by atoms with Gasteiger partial charge in [0, 0.05) is 5.41 Å². The molecule has 2 aliphatic rings. The molecule has 104 valence electrons. The number of carbonyl (C=O) groups is 1. The van der Waals surface area contributed by atoms with E-state index in [1.54, 1.807) is 0 Å². The molecule has 2 saturated carbocycles. The summed E-state index contributed by atoms with van der Waals surface area (Å²) in [5.74, 6) is 0.641. The van der Waals surface area contributed by atoms with E-state index in [9.17, 15) is 4.79 Å². The first kappa shape index (κ1) is 13.9. The lowest BCUT2D eigenvalue weighted by atomic mass is 9.70. The Hall–Kier alpha value is -0.570. The number of hydrogen-bond acceptors (Lipinski definition) is 3. The van der Waals surface area contributed by atoms with Crippen LogP contribution in [0, 0.1) is 16.7 Å².